The topological polar surface area (TPSA) is 38.7 Å². The molecule has 0 saturated carbocycles. The molecule has 3 nitrogen and oxygen atoms in total. The molecule has 0 radical (unpaired) electrons. The van der Waals surface area contributed by atoms with Gasteiger partial charge in [-0.05, 0) is 47.5 Å². The van der Waals surface area contributed by atoms with E-state index in [0.29, 0.717) is 0 Å². The summed E-state index contributed by atoms with van der Waals surface area (Å²) < 4.78 is 10.9. The van der Waals surface area contributed by atoms with E-state index < -0.39 is 6.10 Å². The van der Waals surface area contributed by atoms with E-state index >= 15 is 0 Å². The van der Waals surface area contributed by atoms with Crippen LogP contribution in [-0.2, 0) is 0 Å². The summed E-state index contributed by atoms with van der Waals surface area (Å²) in [5, 5.41) is 10.5. The van der Waals surface area contributed by atoms with Gasteiger partial charge in [0, 0.05) is 0 Å². The minimum Gasteiger partial charge on any atom is -0.497 e. The van der Waals surface area contributed by atoms with E-state index in [4.69, 9.17) is 9.47 Å². The molecule has 3 rings (SSSR count). The van der Waals surface area contributed by atoms with Crippen LogP contribution >= 0.6 is 0 Å². The molecule has 0 amide bonds. The van der Waals surface area contributed by atoms with Crippen LogP contribution in [0.2, 0.25) is 0 Å². The first kappa shape index (κ1) is 15.1. The van der Waals surface area contributed by atoms with Crippen molar-refractivity contribution >= 4 is 0 Å². The Morgan fingerprint density at radius 2 is 1.13 bits per heavy atom. The Morgan fingerprint density at radius 1 is 0.652 bits per heavy atom. The number of methoxy groups -OCH3 is 1. The quantitative estimate of drug-likeness (QED) is 0.750. The molecule has 3 heteroatoms. The second-order valence-corrected chi connectivity index (χ2v) is 5.16. The molecule has 0 fully saturated rings. The number of rotatable bonds is 5. The summed E-state index contributed by atoms with van der Waals surface area (Å²) in [6, 6.07) is 24.5. The molecule has 0 unspecified atom stereocenters. The predicted octanol–water partition coefficient (Wildman–Crippen LogP) is 4.57. The van der Waals surface area contributed by atoms with Gasteiger partial charge in [0.25, 0.3) is 0 Å². The van der Waals surface area contributed by atoms with Gasteiger partial charge < -0.3 is 14.6 Å². The van der Waals surface area contributed by atoms with Crippen molar-refractivity contribution < 1.29 is 14.6 Å². The zero-order valence-electron chi connectivity index (χ0n) is 12.8. The van der Waals surface area contributed by atoms with Gasteiger partial charge in [0.05, 0.1) is 7.11 Å². The zero-order chi connectivity index (χ0) is 16.1. The van der Waals surface area contributed by atoms with Gasteiger partial charge in [0.15, 0.2) is 0 Å². The lowest BCUT2D eigenvalue weighted by Crippen LogP contribution is -1.99. The fourth-order valence-electron chi connectivity index (χ4n) is 2.32. The van der Waals surface area contributed by atoms with Crippen LogP contribution < -0.4 is 9.47 Å². The summed E-state index contributed by atoms with van der Waals surface area (Å²) in [5.41, 5.74) is 1.64. The molecule has 3 aromatic carbocycles. The summed E-state index contributed by atoms with van der Waals surface area (Å²) >= 11 is 0. The Kier molecular flexibility index (Phi) is 4.60. The van der Waals surface area contributed by atoms with Crippen molar-refractivity contribution in [3.8, 4) is 17.2 Å². The Balaban J connectivity index is 1.73. The monoisotopic (exact) mass is 306 g/mol. The van der Waals surface area contributed by atoms with E-state index in [2.05, 4.69) is 0 Å². The highest BCUT2D eigenvalue weighted by molar-refractivity contribution is 5.38. The molecule has 1 atom stereocenters. The maximum atomic E-state index is 10.5. The zero-order valence-corrected chi connectivity index (χ0v) is 12.8. The first-order chi connectivity index (χ1) is 11.3. The minimum atomic E-state index is -0.674. The molecular formula is C20H18O3. The number of benzene rings is 3. The Labute approximate surface area is 135 Å². The Bertz CT molecular complexity index is 734. The SMILES string of the molecule is COc1ccc([C@H](O)c2ccc(Oc3ccccc3)cc2)cc1. The van der Waals surface area contributed by atoms with Gasteiger partial charge in [0.1, 0.15) is 23.4 Å². The van der Waals surface area contributed by atoms with E-state index in [1.165, 1.54) is 0 Å². The van der Waals surface area contributed by atoms with Gasteiger partial charge in [-0.3, -0.25) is 0 Å². The van der Waals surface area contributed by atoms with E-state index in [0.717, 1.165) is 28.4 Å². The van der Waals surface area contributed by atoms with Crippen LogP contribution in [0.3, 0.4) is 0 Å². The van der Waals surface area contributed by atoms with Crippen LogP contribution in [0.1, 0.15) is 17.2 Å². The molecule has 0 aliphatic heterocycles. The first-order valence-corrected chi connectivity index (χ1v) is 7.41. The fraction of sp³-hybridized carbons (Fsp3) is 0.100. The molecule has 0 aliphatic carbocycles. The third-order valence-corrected chi connectivity index (χ3v) is 3.61. The van der Waals surface area contributed by atoms with Gasteiger partial charge in [-0.2, -0.15) is 0 Å². The van der Waals surface area contributed by atoms with Gasteiger partial charge >= 0.3 is 0 Å². The summed E-state index contributed by atoms with van der Waals surface area (Å²) in [5.74, 6) is 2.30. The largest absolute Gasteiger partial charge is 0.497 e. The molecule has 23 heavy (non-hydrogen) atoms. The molecule has 0 aliphatic rings. The van der Waals surface area contributed by atoms with E-state index in [1.54, 1.807) is 7.11 Å². The molecule has 0 heterocycles. The van der Waals surface area contributed by atoms with E-state index in [-0.39, 0.29) is 0 Å². The average molecular weight is 306 g/mol. The standard InChI is InChI=1S/C20H18O3/c1-22-17-11-7-15(8-12-17)20(21)16-9-13-19(14-10-16)23-18-5-3-2-4-6-18/h2-14,20-21H,1H3/t20-/m0/s1. The van der Waals surface area contributed by atoms with Gasteiger partial charge in [-0.15, -0.1) is 0 Å². The van der Waals surface area contributed by atoms with Gasteiger partial charge in [-0.25, -0.2) is 0 Å². The van der Waals surface area contributed by atoms with Crippen LogP contribution in [0.15, 0.2) is 78.9 Å². The third kappa shape index (κ3) is 3.71. The lowest BCUT2D eigenvalue weighted by molar-refractivity contribution is 0.220. The molecule has 0 bridgehead atoms. The lowest BCUT2D eigenvalue weighted by atomic mass is 10.0. The molecule has 0 saturated heterocycles. The fourth-order valence-corrected chi connectivity index (χ4v) is 2.32. The van der Waals surface area contributed by atoms with Crippen LogP contribution in [0, 0.1) is 0 Å². The van der Waals surface area contributed by atoms with Crippen LogP contribution in [0.4, 0.5) is 0 Å². The maximum Gasteiger partial charge on any atom is 0.127 e. The molecule has 0 spiro atoms. The highest BCUT2D eigenvalue weighted by atomic mass is 16.5. The second kappa shape index (κ2) is 6.99. The van der Waals surface area contributed by atoms with Crippen LogP contribution in [0.25, 0.3) is 0 Å². The average Bonchev–Trinajstić information content (AvgIpc) is 2.63. The van der Waals surface area contributed by atoms with Crippen molar-refractivity contribution in [1.29, 1.82) is 0 Å². The molecule has 116 valence electrons. The van der Waals surface area contributed by atoms with E-state index in [9.17, 15) is 5.11 Å². The van der Waals surface area contributed by atoms with Crippen molar-refractivity contribution in [2.75, 3.05) is 7.11 Å². The highest BCUT2D eigenvalue weighted by Gasteiger charge is 2.10. The second-order valence-electron chi connectivity index (χ2n) is 5.16. The smallest absolute Gasteiger partial charge is 0.127 e. The van der Waals surface area contributed by atoms with Crippen molar-refractivity contribution in [2.24, 2.45) is 0 Å². The maximum absolute atomic E-state index is 10.5. The molecular weight excluding hydrogens is 288 g/mol. The van der Waals surface area contributed by atoms with Crippen molar-refractivity contribution in [3.63, 3.8) is 0 Å². The van der Waals surface area contributed by atoms with Gasteiger partial charge in [0.2, 0.25) is 0 Å². The predicted molar refractivity (Wildman–Crippen MR) is 90.0 cm³/mol. The number of aliphatic hydroxyl groups is 1. The Hall–Kier alpha value is -2.78. The van der Waals surface area contributed by atoms with E-state index in [1.807, 2.05) is 78.9 Å². The normalized spacial score (nSPS) is 11.7. The molecule has 1 N–H and O–H groups in total. The van der Waals surface area contributed by atoms with Crippen LogP contribution in [-0.4, -0.2) is 12.2 Å². The lowest BCUT2D eigenvalue weighted by Gasteiger charge is -2.13. The Morgan fingerprint density at radius 3 is 1.65 bits per heavy atom. The highest BCUT2D eigenvalue weighted by Crippen LogP contribution is 2.27. The molecule has 3 aromatic rings. The number of hydrogen-bond acceptors (Lipinski definition) is 3. The number of hydrogen-bond donors (Lipinski definition) is 1. The van der Waals surface area contributed by atoms with Crippen molar-refractivity contribution in [3.05, 3.63) is 90.0 Å². The van der Waals surface area contributed by atoms with Crippen molar-refractivity contribution in [1.82, 2.24) is 0 Å². The third-order valence-electron chi connectivity index (χ3n) is 3.61. The van der Waals surface area contributed by atoms with Crippen LogP contribution in [0.5, 0.6) is 17.2 Å². The minimum absolute atomic E-state index is 0.674. The summed E-state index contributed by atoms with van der Waals surface area (Å²) in [7, 11) is 1.62. The molecule has 0 aromatic heterocycles. The number of aliphatic hydroxyl groups excluding tert-OH is 1. The number of ether oxygens (including phenoxy) is 2. The van der Waals surface area contributed by atoms with Crippen molar-refractivity contribution in [2.45, 2.75) is 6.10 Å². The summed E-state index contributed by atoms with van der Waals surface area (Å²) in [4.78, 5) is 0. The summed E-state index contributed by atoms with van der Waals surface area (Å²) in [6.45, 7) is 0. The summed E-state index contributed by atoms with van der Waals surface area (Å²) in [6.07, 6.45) is -0.674. The number of para-hydroxylation sites is 1. The van der Waals surface area contributed by atoms with Gasteiger partial charge in [-0.1, -0.05) is 42.5 Å². The first-order valence-electron chi connectivity index (χ1n) is 7.41.